The van der Waals surface area contributed by atoms with Crippen LogP contribution in [0.5, 0.6) is 0 Å². The van der Waals surface area contributed by atoms with Crippen LogP contribution < -0.4 is 4.90 Å². The minimum atomic E-state index is -0.487. The van der Waals surface area contributed by atoms with E-state index >= 15 is 0 Å². The van der Waals surface area contributed by atoms with Crippen molar-refractivity contribution in [3.8, 4) is 6.07 Å². The summed E-state index contributed by atoms with van der Waals surface area (Å²) in [5.41, 5.74) is 0.0974. The van der Waals surface area contributed by atoms with Crippen molar-refractivity contribution in [2.75, 3.05) is 25.0 Å². The number of carbonyl (C=O) groups excluding carboxylic acids is 1. The van der Waals surface area contributed by atoms with E-state index in [2.05, 4.69) is 11.1 Å². The molecule has 1 aromatic rings. The maximum absolute atomic E-state index is 12.2. The fourth-order valence-electron chi connectivity index (χ4n) is 2.63. The summed E-state index contributed by atoms with van der Waals surface area (Å²) in [6, 6.07) is 5.75. The Hall–Kier alpha value is -2.29. The van der Waals surface area contributed by atoms with Crippen LogP contribution in [0.4, 0.5) is 10.6 Å². The van der Waals surface area contributed by atoms with Gasteiger partial charge in [0.1, 0.15) is 11.4 Å². The second-order valence-corrected chi connectivity index (χ2v) is 6.85. The quantitative estimate of drug-likeness (QED) is 0.839. The molecule has 0 N–H and O–H groups in total. The number of likely N-dealkylation sites (N-methyl/N-ethyl adjacent to an activating group) is 1. The number of ether oxygens (including phenoxy) is 1. The highest BCUT2D eigenvalue weighted by Crippen LogP contribution is 2.22. The van der Waals surface area contributed by atoms with Crippen molar-refractivity contribution in [2.45, 2.75) is 45.3 Å². The van der Waals surface area contributed by atoms with Crippen molar-refractivity contribution in [1.29, 1.82) is 5.26 Å². The number of hydrogen-bond acceptors (Lipinski definition) is 5. The van der Waals surface area contributed by atoms with Crippen molar-refractivity contribution < 1.29 is 9.53 Å². The molecule has 2 rings (SSSR count). The van der Waals surface area contributed by atoms with Gasteiger partial charge in [0.2, 0.25) is 0 Å². The molecule has 0 radical (unpaired) electrons. The van der Waals surface area contributed by atoms with Gasteiger partial charge in [-0.3, -0.25) is 0 Å². The average Bonchev–Trinajstić information content (AvgIpc) is 2.52. The first-order chi connectivity index (χ1) is 10.8. The van der Waals surface area contributed by atoms with Crippen LogP contribution in [0, 0.1) is 11.3 Å². The lowest BCUT2D eigenvalue weighted by Crippen LogP contribution is -2.50. The Bertz CT molecular complexity index is 603. The third kappa shape index (κ3) is 4.59. The molecule has 1 saturated heterocycles. The number of likely N-dealkylation sites (tertiary alicyclic amines) is 1. The van der Waals surface area contributed by atoms with Crippen LogP contribution >= 0.6 is 0 Å². The van der Waals surface area contributed by atoms with Crippen LogP contribution in [0.2, 0.25) is 0 Å². The first-order valence-electron chi connectivity index (χ1n) is 7.87. The minimum absolute atomic E-state index is 0.165. The fourth-order valence-corrected chi connectivity index (χ4v) is 2.63. The van der Waals surface area contributed by atoms with Crippen molar-refractivity contribution in [3.63, 3.8) is 0 Å². The van der Waals surface area contributed by atoms with E-state index in [1.807, 2.05) is 32.7 Å². The highest BCUT2D eigenvalue weighted by molar-refractivity contribution is 5.68. The number of pyridine rings is 1. The Morgan fingerprint density at radius 2 is 2.26 bits per heavy atom. The molecule has 0 bridgehead atoms. The van der Waals surface area contributed by atoms with Gasteiger partial charge in [-0.05, 0) is 45.7 Å². The molecular weight excluding hydrogens is 292 g/mol. The van der Waals surface area contributed by atoms with E-state index in [1.165, 1.54) is 0 Å². The van der Waals surface area contributed by atoms with Gasteiger partial charge >= 0.3 is 6.09 Å². The third-order valence-corrected chi connectivity index (χ3v) is 3.83. The van der Waals surface area contributed by atoms with Gasteiger partial charge in [-0.1, -0.05) is 0 Å². The predicted octanol–water partition coefficient (Wildman–Crippen LogP) is 2.79. The van der Waals surface area contributed by atoms with Gasteiger partial charge in [-0.2, -0.15) is 5.26 Å². The summed E-state index contributed by atoms with van der Waals surface area (Å²) in [5.74, 6) is 0.750. The van der Waals surface area contributed by atoms with Gasteiger partial charge in [0.25, 0.3) is 0 Å². The van der Waals surface area contributed by atoms with Gasteiger partial charge in [0, 0.05) is 32.4 Å². The van der Waals surface area contributed by atoms with Crippen LogP contribution in [0.1, 0.15) is 39.2 Å². The van der Waals surface area contributed by atoms with Gasteiger partial charge in [-0.15, -0.1) is 0 Å². The Kier molecular flexibility index (Phi) is 5.09. The molecule has 1 amide bonds. The summed E-state index contributed by atoms with van der Waals surface area (Å²) in [6.07, 6.45) is 3.27. The molecule has 1 aliphatic heterocycles. The summed E-state index contributed by atoms with van der Waals surface area (Å²) in [5, 5.41) is 9.01. The first kappa shape index (κ1) is 17.1. The SMILES string of the molecule is CN(c1cc(C#N)ccn1)[C@H]1CCCN(C(=O)OC(C)(C)C)C1. The van der Waals surface area contributed by atoms with E-state index < -0.39 is 5.60 Å². The molecule has 0 aromatic carbocycles. The molecule has 124 valence electrons. The van der Waals surface area contributed by atoms with Crippen LogP contribution in [0.25, 0.3) is 0 Å². The number of piperidine rings is 1. The predicted molar refractivity (Wildman–Crippen MR) is 88.2 cm³/mol. The van der Waals surface area contributed by atoms with E-state index in [0.29, 0.717) is 18.7 Å². The number of rotatable bonds is 2. The number of amides is 1. The molecule has 0 spiro atoms. The molecule has 2 heterocycles. The minimum Gasteiger partial charge on any atom is -0.444 e. The molecular formula is C17H24N4O2. The van der Waals surface area contributed by atoms with Crippen molar-refractivity contribution in [1.82, 2.24) is 9.88 Å². The Morgan fingerprint density at radius 3 is 2.91 bits per heavy atom. The Morgan fingerprint density at radius 1 is 1.52 bits per heavy atom. The summed E-state index contributed by atoms with van der Waals surface area (Å²) >= 11 is 0. The smallest absolute Gasteiger partial charge is 0.410 e. The Balaban J connectivity index is 2.05. The van der Waals surface area contributed by atoms with E-state index in [9.17, 15) is 4.79 Å². The first-order valence-corrected chi connectivity index (χ1v) is 7.87. The Labute approximate surface area is 137 Å². The highest BCUT2D eigenvalue weighted by Gasteiger charge is 2.29. The maximum atomic E-state index is 12.2. The summed E-state index contributed by atoms with van der Waals surface area (Å²) in [7, 11) is 1.95. The zero-order valence-corrected chi connectivity index (χ0v) is 14.2. The third-order valence-electron chi connectivity index (χ3n) is 3.83. The van der Waals surface area contributed by atoms with E-state index in [-0.39, 0.29) is 12.1 Å². The van der Waals surface area contributed by atoms with Gasteiger partial charge < -0.3 is 14.5 Å². The van der Waals surface area contributed by atoms with E-state index in [4.69, 9.17) is 10.00 Å². The number of carbonyl (C=O) groups is 1. The normalized spacial score (nSPS) is 18.2. The number of anilines is 1. The molecule has 1 atom stereocenters. The zero-order valence-electron chi connectivity index (χ0n) is 14.2. The second kappa shape index (κ2) is 6.86. The van der Waals surface area contributed by atoms with Crippen LogP contribution in [-0.4, -0.2) is 47.8 Å². The monoisotopic (exact) mass is 316 g/mol. The summed E-state index contributed by atoms with van der Waals surface area (Å²) in [4.78, 5) is 20.4. The van der Waals surface area contributed by atoms with Crippen LogP contribution in [-0.2, 0) is 4.74 Å². The summed E-state index contributed by atoms with van der Waals surface area (Å²) in [6.45, 7) is 6.93. The van der Waals surface area contributed by atoms with Crippen LogP contribution in [0.15, 0.2) is 18.3 Å². The van der Waals surface area contributed by atoms with Gasteiger partial charge in [0.15, 0.2) is 0 Å². The van der Waals surface area contributed by atoms with E-state index in [0.717, 1.165) is 18.7 Å². The van der Waals surface area contributed by atoms with Gasteiger partial charge in [0.05, 0.1) is 11.6 Å². The molecule has 0 saturated carbocycles. The van der Waals surface area contributed by atoms with Crippen LogP contribution in [0.3, 0.4) is 0 Å². The number of nitrogens with zero attached hydrogens (tertiary/aromatic N) is 4. The van der Waals surface area contributed by atoms with Crippen molar-refractivity contribution in [2.24, 2.45) is 0 Å². The zero-order chi connectivity index (χ0) is 17.0. The van der Waals surface area contributed by atoms with Gasteiger partial charge in [-0.25, -0.2) is 9.78 Å². The molecule has 23 heavy (non-hydrogen) atoms. The van der Waals surface area contributed by atoms with E-state index in [1.54, 1.807) is 23.2 Å². The summed E-state index contributed by atoms with van der Waals surface area (Å²) < 4.78 is 5.46. The number of hydrogen-bond donors (Lipinski definition) is 0. The molecule has 6 heteroatoms. The van der Waals surface area contributed by atoms with Crippen molar-refractivity contribution in [3.05, 3.63) is 23.9 Å². The average molecular weight is 316 g/mol. The maximum Gasteiger partial charge on any atom is 0.410 e. The highest BCUT2D eigenvalue weighted by atomic mass is 16.6. The lowest BCUT2D eigenvalue weighted by Gasteiger charge is -2.38. The lowest BCUT2D eigenvalue weighted by atomic mass is 10.0. The molecule has 1 fully saturated rings. The number of nitriles is 1. The lowest BCUT2D eigenvalue weighted by molar-refractivity contribution is 0.0199. The second-order valence-electron chi connectivity index (χ2n) is 6.85. The molecule has 1 aromatic heterocycles. The fraction of sp³-hybridized carbons (Fsp3) is 0.588. The topological polar surface area (TPSA) is 69.5 Å². The molecule has 6 nitrogen and oxygen atoms in total. The molecule has 0 unspecified atom stereocenters. The van der Waals surface area contributed by atoms with Crippen molar-refractivity contribution >= 4 is 11.9 Å². The molecule has 0 aliphatic carbocycles. The largest absolute Gasteiger partial charge is 0.444 e. The molecule has 1 aliphatic rings. The standard InChI is InChI=1S/C17H24N4O2/c1-17(2,3)23-16(22)21-9-5-6-14(12-21)20(4)15-10-13(11-18)7-8-19-15/h7-8,10,14H,5-6,9,12H2,1-4H3/t14-/m0/s1. The number of aromatic nitrogens is 1.